The number of rotatable bonds is 5. The lowest BCUT2D eigenvalue weighted by molar-refractivity contribution is -0.140. The Morgan fingerprint density at radius 1 is 1.23 bits per heavy atom. The molecule has 2 aromatic rings. The normalized spacial score (nSPS) is 11.7. The number of hydrogen-bond donors (Lipinski definition) is 0. The Balaban J connectivity index is 2.60. The van der Waals surface area contributed by atoms with E-state index in [-0.39, 0.29) is 35.8 Å². The van der Waals surface area contributed by atoms with Gasteiger partial charge in [-0.15, -0.1) is 0 Å². The van der Waals surface area contributed by atoms with Gasteiger partial charge in [-0.05, 0) is 24.1 Å². The van der Waals surface area contributed by atoms with Crippen LogP contribution in [0.25, 0.3) is 11.3 Å². The molecule has 8 heteroatoms. The molecule has 2 heterocycles. The summed E-state index contributed by atoms with van der Waals surface area (Å²) in [5, 5.41) is 0. The fourth-order valence-corrected chi connectivity index (χ4v) is 2.48. The molecule has 0 saturated carbocycles. The third kappa shape index (κ3) is 4.56. The first-order valence-corrected chi connectivity index (χ1v) is 8.13. The van der Waals surface area contributed by atoms with E-state index >= 15 is 0 Å². The van der Waals surface area contributed by atoms with Gasteiger partial charge in [0, 0.05) is 24.7 Å². The molecule has 0 atom stereocenters. The van der Waals surface area contributed by atoms with Crippen molar-refractivity contribution in [3.63, 3.8) is 0 Å². The van der Waals surface area contributed by atoms with Gasteiger partial charge in [0.25, 0.3) is 0 Å². The summed E-state index contributed by atoms with van der Waals surface area (Å²) in [4.78, 5) is 20.6. The molecular formula is C18H19F4N3O. The van der Waals surface area contributed by atoms with Crippen molar-refractivity contribution in [3.8, 4) is 11.3 Å². The molecule has 26 heavy (non-hydrogen) atoms. The first kappa shape index (κ1) is 19.8. The zero-order valence-corrected chi connectivity index (χ0v) is 14.6. The molecule has 4 nitrogen and oxygen atoms in total. The van der Waals surface area contributed by atoms with Crippen LogP contribution >= 0.6 is 0 Å². The van der Waals surface area contributed by atoms with E-state index in [1.807, 2.05) is 13.8 Å². The van der Waals surface area contributed by atoms with E-state index in [9.17, 15) is 22.4 Å². The van der Waals surface area contributed by atoms with E-state index in [1.54, 1.807) is 6.92 Å². The summed E-state index contributed by atoms with van der Waals surface area (Å²) >= 11 is 0. The Hall–Kier alpha value is -2.51. The highest BCUT2D eigenvalue weighted by atomic mass is 19.4. The molecule has 0 fully saturated rings. The highest BCUT2D eigenvalue weighted by Crippen LogP contribution is 2.37. The van der Waals surface area contributed by atoms with Crippen LogP contribution in [0.4, 0.5) is 23.2 Å². The largest absolute Gasteiger partial charge is 0.435 e. The number of pyridine rings is 2. The smallest absolute Gasteiger partial charge is 0.310 e. The Kier molecular flexibility index (Phi) is 5.94. The molecule has 0 spiro atoms. The lowest BCUT2D eigenvalue weighted by Gasteiger charge is -2.27. The molecule has 0 aromatic carbocycles. The summed E-state index contributed by atoms with van der Waals surface area (Å²) in [6.07, 6.45) is -2.52. The van der Waals surface area contributed by atoms with Crippen LogP contribution in [-0.2, 0) is 11.0 Å². The van der Waals surface area contributed by atoms with Crippen LogP contribution in [0.3, 0.4) is 0 Å². The Morgan fingerprint density at radius 3 is 2.46 bits per heavy atom. The molecule has 1 amide bonds. The summed E-state index contributed by atoms with van der Waals surface area (Å²) in [7, 11) is 0. The number of alkyl halides is 3. The summed E-state index contributed by atoms with van der Waals surface area (Å²) in [5.74, 6) is -1.13. The molecule has 0 saturated heterocycles. The molecule has 0 bridgehead atoms. The van der Waals surface area contributed by atoms with Gasteiger partial charge in [0.2, 0.25) is 5.91 Å². The first-order valence-electron chi connectivity index (χ1n) is 8.13. The SMILES string of the molecule is CCC(=O)N(CC(C)C)c1ccc(-c2cncc(F)c2)nc1C(F)(F)F. The van der Waals surface area contributed by atoms with E-state index in [0.717, 1.165) is 17.2 Å². The van der Waals surface area contributed by atoms with Crippen LogP contribution < -0.4 is 4.90 Å². The number of amides is 1. The van der Waals surface area contributed by atoms with Gasteiger partial charge in [0.15, 0.2) is 5.69 Å². The average molecular weight is 369 g/mol. The van der Waals surface area contributed by atoms with Crippen molar-refractivity contribution < 1.29 is 22.4 Å². The maximum atomic E-state index is 13.6. The number of nitrogens with zero attached hydrogens (tertiary/aromatic N) is 3. The lowest BCUT2D eigenvalue weighted by Crippen LogP contribution is -2.35. The van der Waals surface area contributed by atoms with E-state index in [1.165, 1.54) is 18.3 Å². The Morgan fingerprint density at radius 2 is 1.92 bits per heavy atom. The fourth-order valence-electron chi connectivity index (χ4n) is 2.48. The maximum absolute atomic E-state index is 13.6. The van der Waals surface area contributed by atoms with Crippen molar-refractivity contribution in [2.24, 2.45) is 5.92 Å². The molecule has 2 rings (SSSR count). The summed E-state index contributed by atoms with van der Waals surface area (Å²) in [6, 6.07) is 3.58. The van der Waals surface area contributed by atoms with Gasteiger partial charge in [0.05, 0.1) is 17.6 Å². The number of halogens is 4. The minimum Gasteiger partial charge on any atom is -0.310 e. The predicted octanol–water partition coefficient (Wildman–Crippen LogP) is 4.70. The zero-order valence-electron chi connectivity index (χ0n) is 14.6. The minimum absolute atomic E-state index is 0.0290. The van der Waals surface area contributed by atoms with Gasteiger partial charge in [0.1, 0.15) is 5.82 Å². The van der Waals surface area contributed by atoms with Crippen molar-refractivity contribution in [1.82, 2.24) is 9.97 Å². The van der Waals surface area contributed by atoms with Gasteiger partial charge in [-0.3, -0.25) is 9.78 Å². The first-order chi connectivity index (χ1) is 12.1. The van der Waals surface area contributed by atoms with Crippen molar-refractivity contribution in [2.75, 3.05) is 11.4 Å². The fraction of sp³-hybridized carbons (Fsp3) is 0.389. The molecule has 2 aromatic heterocycles. The minimum atomic E-state index is -4.77. The number of carbonyl (C=O) groups excluding carboxylic acids is 1. The summed E-state index contributed by atoms with van der Waals surface area (Å²) < 4.78 is 54.1. The number of carbonyl (C=O) groups is 1. The Bertz CT molecular complexity index is 790. The van der Waals surface area contributed by atoms with Crippen molar-refractivity contribution in [3.05, 3.63) is 42.1 Å². The molecule has 140 valence electrons. The average Bonchev–Trinajstić information content (AvgIpc) is 2.57. The van der Waals surface area contributed by atoms with Crippen LogP contribution in [-0.4, -0.2) is 22.4 Å². The second-order valence-electron chi connectivity index (χ2n) is 6.21. The number of aromatic nitrogens is 2. The van der Waals surface area contributed by atoms with Gasteiger partial charge in [-0.25, -0.2) is 9.37 Å². The second kappa shape index (κ2) is 7.80. The molecule has 0 radical (unpaired) electrons. The quantitative estimate of drug-likeness (QED) is 0.718. The zero-order chi connectivity index (χ0) is 19.5. The lowest BCUT2D eigenvalue weighted by atomic mass is 10.1. The monoisotopic (exact) mass is 369 g/mol. The van der Waals surface area contributed by atoms with Crippen LogP contribution in [0.1, 0.15) is 32.9 Å². The second-order valence-corrected chi connectivity index (χ2v) is 6.21. The van der Waals surface area contributed by atoms with E-state index in [0.29, 0.717) is 0 Å². The summed E-state index contributed by atoms with van der Waals surface area (Å²) in [5.41, 5.74) is -1.42. The van der Waals surface area contributed by atoms with Crippen LogP contribution in [0.2, 0.25) is 0 Å². The standard InChI is InChI=1S/C18H19F4N3O/c1-4-16(26)25(10-11(2)3)15-6-5-14(24-17(15)18(20,21)22)12-7-13(19)9-23-8-12/h5-9,11H,4,10H2,1-3H3. The maximum Gasteiger partial charge on any atom is 0.435 e. The van der Waals surface area contributed by atoms with Crippen molar-refractivity contribution in [1.29, 1.82) is 0 Å². The van der Waals surface area contributed by atoms with Gasteiger partial charge >= 0.3 is 6.18 Å². The number of anilines is 1. The van der Waals surface area contributed by atoms with Crippen LogP contribution in [0.15, 0.2) is 30.6 Å². The molecule has 0 unspecified atom stereocenters. The molecule has 0 N–H and O–H groups in total. The third-order valence-corrected chi connectivity index (χ3v) is 3.59. The van der Waals surface area contributed by atoms with Crippen molar-refractivity contribution in [2.45, 2.75) is 33.4 Å². The molecule has 0 aliphatic carbocycles. The molecule has 0 aliphatic heterocycles. The molecule has 0 aliphatic rings. The topological polar surface area (TPSA) is 46.1 Å². The van der Waals surface area contributed by atoms with E-state index < -0.39 is 23.6 Å². The Labute approximate surface area is 148 Å². The van der Waals surface area contributed by atoms with Crippen LogP contribution in [0, 0.1) is 11.7 Å². The third-order valence-electron chi connectivity index (χ3n) is 3.59. The highest BCUT2D eigenvalue weighted by molar-refractivity contribution is 5.94. The van der Waals surface area contributed by atoms with Gasteiger partial charge < -0.3 is 4.90 Å². The van der Waals surface area contributed by atoms with Gasteiger partial charge in [-0.1, -0.05) is 20.8 Å². The van der Waals surface area contributed by atoms with E-state index in [4.69, 9.17) is 0 Å². The highest BCUT2D eigenvalue weighted by Gasteiger charge is 2.38. The predicted molar refractivity (Wildman–Crippen MR) is 89.9 cm³/mol. The number of hydrogen-bond acceptors (Lipinski definition) is 3. The van der Waals surface area contributed by atoms with Crippen molar-refractivity contribution >= 4 is 11.6 Å². The van der Waals surface area contributed by atoms with Crippen LogP contribution in [0.5, 0.6) is 0 Å². The van der Waals surface area contributed by atoms with E-state index in [2.05, 4.69) is 9.97 Å². The summed E-state index contributed by atoms with van der Waals surface area (Å²) in [6.45, 7) is 5.34. The molecular weight excluding hydrogens is 350 g/mol. The van der Waals surface area contributed by atoms with Gasteiger partial charge in [-0.2, -0.15) is 13.2 Å².